The molecule has 0 unspecified atom stereocenters. The van der Waals surface area contributed by atoms with Gasteiger partial charge in [-0.2, -0.15) is 13.2 Å². The molecule has 0 atom stereocenters. The number of halogens is 3. The molecule has 1 aliphatic heterocycles. The fourth-order valence-corrected chi connectivity index (χ4v) is 1.31. The van der Waals surface area contributed by atoms with E-state index in [0.29, 0.717) is 5.36 Å². The third kappa shape index (κ3) is 1.52. The fraction of sp³-hybridized carbons (Fsp3) is 0.125. The summed E-state index contributed by atoms with van der Waals surface area (Å²) in [6.07, 6.45) is -4.35. The molecule has 1 aromatic carbocycles. The number of nitrogens with zero attached hydrogens (tertiary/aromatic N) is 2. The Labute approximate surface area is 81.8 Å². The lowest BCUT2D eigenvalue weighted by Gasteiger charge is -2.04. The lowest BCUT2D eigenvalue weighted by atomic mass is 10.2. The van der Waals surface area contributed by atoms with Crippen LogP contribution in [0.25, 0.3) is 0 Å². The molecule has 2 rings (SSSR count). The molecule has 0 radical (unpaired) electrons. The van der Waals surface area contributed by atoms with Gasteiger partial charge in [0, 0.05) is 0 Å². The van der Waals surface area contributed by atoms with Crippen molar-refractivity contribution < 1.29 is 13.2 Å². The van der Waals surface area contributed by atoms with E-state index >= 15 is 0 Å². The Morgan fingerprint density at radius 1 is 1.07 bits per heavy atom. The van der Waals surface area contributed by atoms with Gasteiger partial charge in [0.2, 0.25) is 5.11 Å². The normalized spacial score (nSPS) is 14.6. The van der Waals surface area contributed by atoms with E-state index in [1.807, 2.05) is 0 Å². The van der Waals surface area contributed by atoms with Crippen molar-refractivity contribution in [2.24, 2.45) is 9.98 Å². The highest BCUT2D eigenvalue weighted by Crippen LogP contribution is 2.27. The van der Waals surface area contributed by atoms with Crippen molar-refractivity contribution in [1.29, 1.82) is 0 Å². The van der Waals surface area contributed by atoms with Crippen molar-refractivity contribution in [2.45, 2.75) is 6.18 Å². The molecule has 0 saturated carbocycles. The second-order valence-corrected chi connectivity index (χ2v) is 3.07. The van der Waals surface area contributed by atoms with Gasteiger partial charge in [-0.05, 0) is 30.4 Å². The van der Waals surface area contributed by atoms with Gasteiger partial charge in [-0.15, -0.1) is 0 Å². The molecule has 0 spiro atoms. The fourth-order valence-electron chi connectivity index (χ4n) is 1.11. The standard InChI is InChI=1S/C8H3F3N2S/c9-8(10,11)4-1-2-5-6(3-4)13-7(14)12-5/h1-3H. The van der Waals surface area contributed by atoms with Crippen LogP contribution in [0, 0.1) is 0 Å². The molecule has 1 heterocycles. The van der Waals surface area contributed by atoms with Crippen molar-refractivity contribution in [1.82, 2.24) is 0 Å². The van der Waals surface area contributed by atoms with Crippen LogP contribution in [0.2, 0.25) is 0 Å². The minimum absolute atomic E-state index is 0.0688. The first-order valence-electron chi connectivity index (χ1n) is 3.65. The Balaban J connectivity index is 2.66. The summed E-state index contributed by atoms with van der Waals surface area (Å²) in [5.74, 6) is 0. The van der Waals surface area contributed by atoms with Crippen molar-refractivity contribution in [3.8, 4) is 0 Å². The first-order chi connectivity index (χ1) is 6.47. The molecule has 0 bridgehead atoms. The molecule has 2 nitrogen and oxygen atoms in total. The molecular formula is C8H3F3N2S. The summed E-state index contributed by atoms with van der Waals surface area (Å²) >= 11 is 4.65. The summed E-state index contributed by atoms with van der Waals surface area (Å²) in [4.78, 5) is 7.46. The number of benzene rings is 1. The highest BCUT2D eigenvalue weighted by Gasteiger charge is 2.30. The van der Waals surface area contributed by atoms with E-state index in [0.717, 1.165) is 12.1 Å². The third-order valence-corrected chi connectivity index (χ3v) is 1.92. The molecule has 14 heavy (non-hydrogen) atoms. The number of alkyl halides is 3. The van der Waals surface area contributed by atoms with E-state index < -0.39 is 11.7 Å². The maximum atomic E-state index is 12.2. The summed E-state index contributed by atoms with van der Waals surface area (Å²) in [6, 6.07) is 3.17. The minimum atomic E-state index is -4.35. The summed E-state index contributed by atoms with van der Waals surface area (Å²) in [6.45, 7) is 0. The molecular weight excluding hydrogens is 213 g/mol. The molecule has 0 aromatic heterocycles. The summed E-state index contributed by atoms with van der Waals surface area (Å²) < 4.78 is 36.7. The van der Waals surface area contributed by atoms with E-state index in [2.05, 4.69) is 22.2 Å². The highest BCUT2D eigenvalue weighted by atomic mass is 32.1. The summed E-state index contributed by atoms with van der Waals surface area (Å²) in [5.41, 5.74) is -0.736. The topological polar surface area (TPSA) is 24.7 Å². The first-order valence-corrected chi connectivity index (χ1v) is 4.06. The Hall–Kier alpha value is -1.30. The highest BCUT2D eigenvalue weighted by molar-refractivity contribution is 7.80. The maximum absolute atomic E-state index is 12.2. The van der Waals surface area contributed by atoms with Gasteiger partial charge in [0.05, 0.1) is 16.3 Å². The molecule has 0 amide bonds. The Morgan fingerprint density at radius 2 is 1.71 bits per heavy atom. The van der Waals surface area contributed by atoms with Crippen LogP contribution in [0.4, 0.5) is 13.2 Å². The van der Waals surface area contributed by atoms with Gasteiger partial charge >= 0.3 is 6.18 Å². The zero-order chi connectivity index (χ0) is 10.3. The van der Waals surface area contributed by atoms with Crippen LogP contribution in [0.1, 0.15) is 5.56 Å². The second-order valence-electron chi connectivity index (χ2n) is 2.71. The smallest absolute Gasteiger partial charge is 0.217 e. The minimum Gasteiger partial charge on any atom is -0.217 e. The van der Waals surface area contributed by atoms with Gasteiger partial charge in [0.25, 0.3) is 0 Å². The summed E-state index contributed by atoms with van der Waals surface area (Å²) in [5, 5.41) is 0.646. The van der Waals surface area contributed by atoms with Gasteiger partial charge in [-0.25, -0.2) is 9.98 Å². The average molecular weight is 216 g/mol. The lowest BCUT2D eigenvalue weighted by Crippen LogP contribution is -2.23. The van der Waals surface area contributed by atoms with Gasteiger partial charge in [-0.3, -0.25) is 0 Å². The molecule has 0 aliphatic carbocycles. The zero-order valence-corrected chi connectivity index (χ0v) is 7.49. The Kier molecular flexibility index (Phi) is 1.88. The largest absolute Gasteiger partial charge is 0.416 e. The van der Waals surface area contributed by atoms with E-state index in [9.17, 15) is 13.2 Å². The van der Waals surface area contributed by atoms with Gasteiger partial charge < -0.3 is 0 Å². The summed E-state index contributed by atoms with van der Waals surface area (Å²) in [7, 11) is 0. The number of fused-ring (bicyclic) bond motifs is 1. The Bertz CT molecular complexity index is 518. The maximum Gasteiger partial charge on any atom is 0.416 e. The zero-order valence-electron chi connectivity index (χ0n) is 6.67. The predicted octanol–water partition coefficient (Wildman–Crippen LogP) is 1.24. The lowest BCUT2D eigenvalue weighted by molar-refractivity contribution is -0.137. The van der Waals surface area contributed by atoms with Crippen LogP contribution in [-0.2, 0) is 6.18 Å². The number of hydrogen-bond donors (Lipinski definition) is 0. The molecule has 1 aliphatic rings. The van der Waals surface area contributed by atoms with Gasteiger partial charge in [-0.1, -0.05) is 0 Å². The SMILES string of the molecule is FC(F)(F)c1ccc2c(c1)=NC(=S)N=2. The first kappa shape index (κ1) is 9.26. The van der Waals surface area contributed by atoms with Crippen molar-refractivity contribution in [2.75, 3.05) is 0 Å². The van der Waals surface area contributed by atoms with E-state index in [4.69, 9.17) is 0 Å². The van der Waals surface area contributed by atoms with E-state index in [-0.39, 0.29) is 10.5 Å². The second kappa shape index (κ2) is 2.84. The van der Waals surface area contributed by atoms with Crippen LogP contribution in [0.5, 0.6) is 0 Å². The average Bonchev–Trinajstić information content (AvgIpc) is 2.41. The van der Waals surface area contributed by atoms with Gasteiger partial charge in [0.15, 0.2) is 0 Å². The molecule has 0 fully saturated rings. The molecule has 0 N–H and O–H groups in total. The third-order valence-electron chi connectivity index (χ3n) is 1.73. The van der Waals surface area contributed by atoms with Crippen molar-refractivity contribution in [3.05, 3.63) is 34.5 Å². The van der Waals surface area contributed by atoms with Gasteiger partial charge in [0.1, 0.15) is 0 Å². The molecule has 6 heteroatoms. The molecule has 72 valence electrons. The van der Waals surface area contributed by atoms with E-state index in [1.165, 1.54) is 6.07 Å². The predicted molar refractivity (Wildman–Crippen MR) is 46.4 cm³/mol. The van der Waals surface area contributed by atoms with Crippen LogP contribution >= 0.6 is 12.2 Å². The van der Waals surface area contributed by atoms with Crippen molar-refractivity contribution in [3.63, 3.8) is 0 Å². The van der Waals surface area contributed by atoms with Crippen LogP contribution in [-0.4, -0.2) is 5.11 Å². The van der Waals surface area contributed by atoms with Crippen molar-refractivity contribution >= 4 is 17.3 Å². The monoisotopic (exact) mass is 216 g/mol. The van der Waals surface area contributed by atoms with Crippen LogP contribution < -0.4 is 10.7 Å². The number of thiocarbonyl (C=S) groups is 1. The number of hydrogen-bond acceptors (Lipinski definition) is 1. The number of rotatable bonds is 0. The molecule has 1 aromatic rings. The Morgan fingerprint density at radius 3 is 2.36 bits per heavy atom. The van der Waals surface area contributed by atoms with E-state index in [1.54, 1.807) is 0 Å². The van der Waals surface area contributed by atoms with Crippen LogP contribution in [0.3, 0.4) is 0 Å². The van der Waals surface area contributed by atoms with Crippen LogP contribution in [0.15, 0.2) is 28.2 Å². The quantitative estimate of drug-likeness (QED) is 0.599. The molecule has 0 saturated heterocycles.